The van der Waals surface area contributed by atoms with Gasteiger partial charge < -0.3 is 14.9 Å². The highest BCUT2D eigenvalue weighted by Gasteiger charge is 2.61. The highest BCUT2D eigenvalue weighted by atomic mass is 16.5. The van der Waals surface area contributed by atoms with Gasteiger partial charge in [0.25, 0.3) is 0 Å². The Hall–Kier alpha value is -1.66. The van der Waals surface area contributed by atoms with Gasteiger partial charge in [-0.2, -0.15) is 0 Å². The Morgan fingerprint density at radius 1 is 1.03 bits per heavy atom. The fourth-order valence-corrected chi connectivity index (χ4v) is 9.67. The van der Waals surface area contributed by atoms with Gasteiger partial charge in [0, 0.05) is 0 Å². The van der Waals surface area contributed by atoms with Crippen LogP contribution < -0.4 is 4.74 Å². The topological polar surface area (TPSA) is 80.4 Å². The lowest BCUT2D eigenvalue weighted by molar-refractivity contribution is -0.150. The van der Waals surface area contributed by atoms with Gasteiger partial charge >= 0.3 is 0 Å². The molecule has 1 unspecified atom stereocenters. The fraction of sp³-hybridized carbons (Fsp3) is 0.793. The molecule has 0 amide bonds. The van der Waals surface area contributed by atoms with E-state index in [1.807, 2.05) is 29.8 Å². The van der Waals surface area contributed by atoms with E-state index >= 15 is 0 Å². The number of hydrogen-bond donors (Lipinski definition) is 2. The Morgan fingerprint density at radius 3 is 2.63 bits per heavy atom. The first-order valence-electron chi connectivity index (χ1n) is 13.9. The summed E-state index contributed by atoms with van der Waals surface area (Å²) >= 11 is 0. The largest absolute Gasteiger partial charge is 0.494 e. The highest BCUT2D eigenvalue weighted by molar-refractivity contribution is 5.80. The molecular formula is C29H43N3O3. The molecule has 192 valence electrons. The van der Waals surface area contributed by atoms with Crippen LogP contribution in [-0.4, -0.2) is 44.0 Å². The lowest BCUT2D eigenvalue weighted by Gasteiger charge is -2.62. The lowest BCUT2D eigenvalue weighted by atomic mass is 9.44. The van der Waals surface area contributed by atoms with Gasteiger partial charge in [-0.25, -0.2) is 4.68 Å². The number of rotatable bonds is 4. The molecule has 4 aliphatic carbocycles. The summed E-state index contributed by atoms with van der Waals surface area (Å²) in [6.45, 7) is 7.57. The quantitative estimate of drug-likeness (QED) is 0.627. The molecule has 35 heavy (non-hydrogen) atoms. The third-order valence-corrected chi connectivity index (χ3v) is 11.6. The van der Waals surface area contributed by atoms with Crippen LogP contribution in [0.2, 0.25) is 0 Å². The Labute approximate surface area is 209 Å². The van der Waals surface area contributed by atoms with Crippen LogP contribution in [0.25, 0.3) is 11.0 Å². The molecule has 0 radical (unpaired) electrons. The minimum atomic E-state index is -0.474. The highest BCUT2D eigenvalue weighted by Crippen LogP contribution is 2.68. The fourth-order valence-electron chi connectivity index (χ4n) is 9.67. The van der Waals surface area contributed by atoms with E-state index in [4.69, 9.17) is 4.74 Å². The molecule has 6 nitrogen and oxygen atoms in total. The van der Waals surface area contributed by atoms with Crippen LogP contribution in [0.4, 0.5) is 0 Å². The molecule has 0 saturated heterocycles. The monoisotopic (exact) mass is 481 g/mol. The lowest BCUT2D eigenvalue weighted by Crippen LogP contribution is -2.56. The first-order chi connectivity index (χ1) is 16.7. The second kappa shape index (κ2) is 8.17. The molecule has 4 aliphatic rings. The Kier molecular flexibility index (Phi) is 5.54. The summed E-state index contributed by atoms with van der Waals surface area (Å²) in [5, 5.41) is 31.0. The van der Waals surface area contributed by atoms with Crippen LogP contribution in [0.15, 0.2) is 18.2 Å². The van der Waals surface area contributed by atoms with Crippen LogP contribution in [-0.2, 0) is 6.54 Å². The maximum absolute atomic E-state index is 11.6. The molecule has 1 aromatic carbocycles. The van der Waals surface area contributed by atoms with E-state index in [0.717, 1.165) is 47.9 Å². The summed E-state index contributed by atoms with van der Waals surface area (Å²) < 4.78 is 7.31. The Balaban J connectivity index is 1.21. The average molecular weight is 482 g/mol. The molecule has 0 spiro atoms. The summed E-state index contributed by atoms with van der Waals surface area (Å²) in [5.41, 5.74) is 1.78. The summed E-state index contributed by atoms with van der Waals surface area (Å²) in [5.74, 6) is 3.94. The van der Waals surface area contributed by atoms with Crippen molar-refractivity contribution < 1.29 is 14.9 Å². The smallest absolute Gasteiger partial charge is 0.155 e. The Bertz CT molecular complexity index is 1100. The van der Waals surface area contributed by atoms with Gasteiger partial charge in [0.15, 0.2) is 5.52 Å². The van der Waals surface area contributed by atoms with Gasteiger partial charge in [0.2, 0.25) is 0 Å². The molecule has 9 atom stereocenters. The SMILES string of the molecule is COc1cccc2c1nnn2CC(O)[C@H]1CC[C@H]2[C@@H]3CC[C@H]4C[C@](C)(O)CC[C@]4(C)[C@H]3CC[C@]12C. The van der Waals surface area contributed by atoms with Crippen molar-refractivity contribution in [2.75, 3.05) is 7.11 Å². The van der Waals surface area contributed by atoms with E-state index in [1.165, 1.54) is 38.5 Å². The van der Waals surface area contributed by atoms with Crippen molar-refractivity contribution in [3.63, 3.8) is 0 Å². The minimum Gasteiger partial charge on any atom is -0.494 e. The molecular weight excluding hydrogens is 438 g/mol. The molecule has 1 heterocycles. The van der Waals surface area contributed by atoms with E-state index in [-0.39, 0.29) is 5.41 Å². The summed E-state index contributed by atoms with van der Waals surface area (Å²) in [6.07, 6.45) is 10.1. The third-order valence-electron chi connectivity index (χ3n) is 11.6. The van der Waals surface area contributed by atoms with E-state index < -0.39 is 11.7 Å². The van der Waals surface area contributed by atoms with Crippen molar-refractivity contribution in [3.05, 3.63) is 18.2 Å². The average Bonchev–Trinajstić information content (AvgIpc) is 3.40. The predicted molar refractivity (Wildman–Crippen MR) is 136 cm³/mol. The molecule has 4 fully saturated rings. The maximum Gasteiger partial charge on any atom is 0.155 e. The number of ether oxygens (including phenoxy) is 1. The summed E-state index contributed by atoms with van der Waals surface area (Å²) in [4.78, 5) is 0. The first-order valence-corrected chi connectivity index (χ1v) is 13.9. The van der Waals surface area contributed by atoms with Gasteiger partial charge in [-0.1, -0.05) is 25.1 Å². The zero-order chi connectivity index (χ0) is 24.6. The van der Waals surface area contributed by atoms with Crippen LogP contribution in [0.3, 0.4) is 0 Å². The number of benzene rings is 1. The standard InChI is InChI=1S/C29H43N3O3/c1-27(34)14-15-28(2)18(16-27)8-9-19-20-10-11-22(29(20,3)13-12-21(19)28)24(33)17-32-23-6-5-7-25(35-4)26(23)30-31-32/h5-7,18-22,24,33-34H,8-17H2,1-4H3/t18-,19-,20-,21-,22+,24?,27+,28-,29-/m0/s1. The number of hydrogen-bond acceptors (Lipinski definition) is 5. The van der Waals surface area contributed by atoms with Crippen molar-refractivity contribution in [1.82, 2.24) is 15.0 Å². The number of fused-ring (bicyclic) bond motifs is 6. The second-order valence-corrected chi connectivity index (χ2v) is 13.3. The van der Waals surface area contributed by atoms with Crippen LogP contribution >= 0.6 is 0 Å². The van der Waals surface area contributed by atoms with Crippen LogP contribution in [0, 0.1) is 40.4 Å². The molecule has 0 bridgehead atoms. The van der Waals surface area contributed by atoms with E-state index in [0.29, 0.717) is 29.7 Å². The Morgan fingerprint density at radius 2 is 1.83 bits per heavy atom. The van der Waals surface area contributed by atoms with Gasteiger partial charge in [0.05, 0.1) is 30.9 Å². The number of aliphatic hydroxyl groups is 2. The van der Waals surface area contributed by atoms with E-state index in [1.54, 1.807) is 7.11 Å². The first kappa shape index (κ1) is 23.7. The zero-order valence-corrected chi connectivity index (χ0v) is 21.9. The van der Waals surface area contributed by atoms with Crippen molar-refractivity contribution in [2.45, 2.75) is 96.8 Å². The number of nitrogens with zero attached hydrogens (tertiary/aromatic N) is 3. The van der Waals surface area contributed by atoms with Crippen molar-refractivity contribution in [1.29, 1.82) is 0 Å². The number of aliphatic hydroxyl groups excluding tert-OH is 1. The van der Waals surface area contributed by atoms with Gasteiger partial charge in [-0.05, 0) is 117 Å². The van der Waals surface area contributed by atoms with Crippen molar-refractivity contribution >= 4 is 11.0 Å². The van der Waals surface area contributed by atoms with E-state index in [2.05, 4.69) is 24.2 Å². The summed E-state index contributed by atoms with van der Waals surface area (Å²) in [6, 6.07) is 5.88. The predicted octanol–water partition coefficient (Wildman–Crippen LogP) is 5.21. The number of aromatic nitrogens is 3. The third kappa shape index (κ3) is 3.57. The minimum absolute atomic E-state index is 0.192. The normalized spacial score (nSPS) is 43.9. The maximum atomic E-state index is 11.6. The number of methoxy groups -OCH3 is 1. The second-order valence-electron chi connectivity index (χ2n) is 13.3. The van der Waals surface area contributed by atoms with Crippen molar-refractivity contribution in [2.24, 2.45) is 40.4 Å². The van der Waals surface area contributed by atoms with Gasteiger partial charge in [0.1, 0.15) is 5.75 Å². The van der Waals surface area contributed by atoms with Gasteiger partial charge in [-0.3, -0.25) is 0 Å². The molecule has 2 N–H and O–H groups in total. The molecule has 2 aromatic rings. The molecule has 6 rings (SSSR count). The molecule has 0 aliphatic heterocycles. The van der Waals surface area contributed by atoms with Crippen molar-refractivity contribution in [3.8, 4) is 5.75 Å². The van der Waals surface area contributed by atoms with E-state index in [9.17, 15) is 10.2 Å². The van der Waals surface area contributed by atoms with Gasteiger partial charge in [-0.15, -0.1) is 5.10 Å². The zero-order valence-electron chi connectivity index (χ0n) is 21.9. The van der Waals surface area contributed by atoms with Crippen LogP contribution in [0.1, 0.15) is 78.6 Å². The van der Waals surface area contributed by atoms with Crippen LogP contribution in [0.5, 0.6) is 5.75 Å². The molecule has 4 saturated carbocycles. The molecule has 1 aromatic heterocycles. The molecule has 6 heteroatoms. The summed E-state index contributed by atoms with van der Waals surface area (Å²) in [7, 11) is 1.65.